The van der Waals surface area contributed by atoms with Gasteiger partial charge in [-0.2, -0.15) is 0 Å². The summed E-state index contributed by atoms with van der Waals surface area (Å²) in [6.07, 6.45) is 0.566. The number of aromatic amines is 2. The van der Waals surface area contributed by atoms with Crippen molar-refractivity contribution in [3.8, 4) is 0 Å². The molecule has 48 heavy (non-hydrogen) atoms. The Morgan fingerprint density at radius 3 is 1.27 bits per heavy atom. The molecule has 0 aromatic carbocycles. The molecule has 2 aliphatic rings. The Morgan fingerprint density at radius 2 is 0.854 bits per heavy atom. The Bertz CT molecular complexity index is 2100. The number of fused-ring (bicyclic) bond motifs is 8. The molecule has 3 aromatic heterocycles. The first-order chi connectivity index (χ1) is 22.7. The number of carboxylic acid groups (broad SMARTS) is 4. The van der Waals surface area contributed by atoms with Gasteiger partial charge in [0.1, 0.15) is 0 Å². The molecule has 3 aromatic rings. The van der Waals surface area contributed by atoms with Crippen molar-refractivity contribution >= 4 is 68.2 Å². The van der Waals surface area contributed by atoms with Crippen LogP contribution in [0, 0.1) is 13.8 Å². The van der Waals surface area contributed by atoms with Crippen molar-refractivity contribution in [1.29, 1.82) is 0 Å². The lowest BCUT2D eigenvalue weighted by Gasteiger charge is -2.05. The average molecular weight is 655 g/mol. The quantitative estimate of drug-likeness (QED) is 0.124. The third-order valence-electron chi connectivity index (χ3n) is 9.16. The fourth-order valence-electron chi connectivity index (χ4n) is 6.42. The minimum Gasteiger partial charge on any atom is -0.481 e. The van der Waals surface area contributed by atoms with Gasteiger partial charge in [0.2, 0.25) is 0 Å². The van der Waals surface area contributed by atoms with Gasteiger partial charge in [0.05, 0.1) is 22.8 Å². The van der Waals surface area contributed by atoms with Crippen molar-refractivity contribution in [2.75, 3.05) is 0 Å². The van der Waals surface area contributed by atoms with Crippen molar-refractivity contribution in [3.05, 3.63) is 69.3 Å². The maximum atomic E-state index is 11.6. The van der Waals surface area contributed by atoms with Gasteiger partial charge >= 0.3 is 23.9 Å². The Morgan fingerprint density at radius 1 is 0.500 bits per heavy atom. The Kier molecular flexibility index (Phi) is 9.64. The summed E-state index contributed by atoms with van der Waals surface area (Å²) in [7, 11) is 0. The van der Waals surface area contributed by atoms with Crippen LogP contribution in [0.1, 0.15) is 97.4 Å². The summed E-state index contributed by atoms with van der Waals surface area (Å²) in [4.78, 5) is 63.1. The van der Waals surface area contributed by atoms with Crippen LogP contribution in [0.25, 0.3) is 44.4 Å². The van der Waals surface area contributed by atoms with Crippen molar-refractivity contribution in [2.45, 2.75) is 79.1 Å². The molecule has 0 amide bonds. The topological polar surface area (TPSA) is 207 Å². The maximum Gasteiger partial charge on any atom is 0.303 e. The number of aromatic nitrogens is 4. The van der Waals surface area contributed by atoms with Crippen molar-refractivity contribution < 1.29 is 39.6 Å². The van der Waals surface area contributed by atoms with Gasteiger partial charge in [-0.1, -0.05) is 0 Å². The summed E-state index contributed by atoms with van der Waals surface area (Å²) in [6, 6.07) is 7.40. The predicted octanol–water partition coefficient (Wildman–Crippen LogP) is 6.56. The number of carboxylic acids is 4. The van der Waals surface area contributed by atoms with Crippen LogP contribution in [-0.2, 0) is 32.0 Å². The van der Waals surface area contributed by atoms with Crippen molar-refractivity contribution in [2.24, 2.45) is 0 Å². The van der Waals surface area contributed by atoms with Gasteiger partial charge in [-0.05, 0) is 122 Å². The zero-order valence-electron chi connectivity index (χ0n) is 27.3. The summed E-state index contributed by atoms with van der Waals surface area (Å²) in [5.41, 5.74) is 11.4. The number of carbonyl (C=O) groups is 4. The van der Waals surface area contributed by atoms with E-state index in [1.807, 2.05) is 45.9 Å². The molecule has 0 saturated heterocycles. The van der Waals surface area contributed by atoms with Crippen molar-refractivity contribution in [1.82, 2.24) is 19.9 Å². The molecule has 8 bridgehead atoms. The largest absolute Gasteiger partial charge is 0.481 e. The van der Waals surface area contributed by atoms with Gasteiger partial charge in [0.25, 0.3) is 0 Å². The second kappa shape index (κ2) is 13.7. The number of allylic oxidation sites excluding steroid dienone is 4. The zero-order chi connectivity index (χ0) is 34.9. The average Bonchev–Trinajstić information content (AvgIpc) is 3.66. The molecule has 0 spiro atoms. The summed E-state index contributed by atoms with van der Waals surface area (Å²) < 4.78 is 0. The van der Waals surface area contributed by atoms with Crippen LogP contribution in [0.15, 0.2) is 24.3 Å². The lowest BCUT2D eigenvalue weighted by atomic mass is 9.98. The van der Waals surface area contributed by atoms with Crippen LogP contribution >= 0.6 is 0 Å². The number of aliphatic carboxylic acids is 4. The highest BCUT2D eigenvalue weighted by Gasteiger charge is 2.23. The summed E-state index contributed by atoms with van der Waals surface area (Å²) >= 11 is 0. The highest BCUT2D eigenvalue weighted by Crippen LogP contribution is 2.38. The van der Waals surface area contributed by atoms with Gasteiger partial charge in [-0.25, -0.2) is 9.97 Å². The van der Waals surface area contributed by atoms with Gasteiger partial charge in [-0.3, -0.25) is 19.2 Å². The van der Waals surface area contributed by atoms with Crippen LogP contribution in [0.5, 0.6) is 0 Å². The van der Waals surface area contributed by atoms with E-state index in [1.54, 1.807) is 6.07 Å². The van der Waals surface area contributed by atoms with Crippen LogP contribution < -0.4 is 0 Å². The molecule has 0 radical (unpaired) electrons. The second-order valence-corrected chi connectivity index (χ2v) is 12.2. The smallest absolute Gasteiger partial charge is 0.303 e. The predicted molar refractivity (Wildman–Crippen MR) is 181 cm³/mol. The van der Waals surface area contributed by atoms with E-state index in [1.165, 1.54) is 0 Å². The van der Waals surface area contributed by atoms with Gasteiger partial charge in [0, 0.05) is 47.8 Å². The zero-order valence-corrected chi connectivity index (χ0v) is 27.3. The number of hydrogen-bond donors (Lipinski definition) is 6. The summed E-state index contributed by atoms with van der Waals surface area (Å²) in [5, 5.41) is 38.0. The molecule has 250 valence electrons. The second-order valence-electron chi connectivity index (χ2n) is 12.2. The Labute approximate surface area is 275 Å². The molecule has 12 nitrogen and oxygen atoms in total. The molecule has 0 aliphatic carbocycles. The number of aryl methyl sites for hydroxylation is 4. The third kappa shape index (κ3) is 7.07. The highest BCUT2D eigenvalue weighted by molar-refractivity contribution is 5.96. The van der Waals surface area contributed by atoms with E-state index in [4.69, 9.17) is 9.97 Å². The molecule has 5 heterocycles. The molecule has 5 rings (SSSR count). The normalized spacial score (nSPS) is 12.9. The number of rotatable bonds is 12. The molecule has 6 N–H and O–H groups in total. The van der Waals surface area contributed by atoms with E-state index in [-0.39, 0.29) is 51.4 Å². The fraction of sp³-hybridized carbons (Fsp3) is 0.333. The first kappa shape index (κ1) is 33.8. The highest BCUT2D eigenvalue weighted by atomic mass is 16.4. The first-order valence-electron chi connectivity index (χ1n) is 15.7. The lowest BCUT2D eigenvalue weighted by molar-refractivity contribution is -0.138. The lowest BCUT2D eigenvalue weighted by Crippen LogP contribution is -1.98. The number of nitrogens with zero attached hydrogens (tertiary/aromatic N) is 2. The van der Waals surface area contributed by atoms with Gasteiger partial charge in [-0.15, -0.1) is 0 Å². The van der Waals surface area contributed by atoms with Crippen LogP contribution in [0.2, 0.25) is 0 Å². The standard InChI is InChI=1S/C36H38N4O8/c1-17-21(5-9-33(41)42)29-14-27-19(3)22(6-10-34(43)44)30(39-27)15-28-20(4)24(8-12-36(47)48)32(40-28)16-31-23(7-11-35(45)46)18(2)26(38-31)13-25(17)37-29/h13-16,37,39H,5-12H2,1-4H3,(H,41,42)(H,43,44)(H,45,46)(H,47,48). The van der Waals surface area contributed by atoms with Crippen molar-refractivity contribution in [3.63, 3.8) is 0 Å². The molecular weight excluding hydrogens is 616 g/mol. The molecular formula is C36H38N4O8. The summed E-state index contributed by atoms with van der Waals surface area (Å²) in [5.74, 6) is -3.77. The minimum absolute atomic E-state index is 0.0775. The monoisotopic (exact) mass is 654 g/mol. The Balaban J connectivity index is 1.91. The molecule has 12 heteroatoms. The van der Waals surface area contributed by atoms with E-state index >= 15 is 0 Å². The van der Waals surface area contributed by atoms with E-state index in [0.717, 1.165) is 55.6 Å². The van der Waals surface area contributed by atoms with E-state index in [9.17, 15) is 39.6 Å². The molecule has 0 saturated carbocycles. The fourth-order valence-corrected chi connectivity index (χ4v) is 6.42. The Hall–Kier alpha value is -5.52. The van der Waals surface area contributed by atoms with E-state index < -0.39 is 23.9 Å². The number of nitrogens with one attached hydrogen (secondary N) is 2. The number of H-pyrrole nitrogens is 2. The maximum absolute atomic E-state index is 11.6. The van der Waals surface area contributed by atoms with E-state index in [2.05, 4.69) is 9.97 Å². The van der Waals surface area contributed by atoms with Gasteiger partial charge < -0.3 is 30.4 Å². The van der Waals surface area contributed by atoms with Crippen LogP contribution in [-0.4, -0.2) is 64.2 Å². The molecule has 0 unspecified atom stereocenters. The van der Waals surface area contributed by atoms with Gasteiger partial charge in [0.15, 0.2) is 0 Å². The first-order valence-corrected chi connectivity index (χ1v) is 15.7. The number of hydrogen-bond acceptors (Lipinski definition) is 6. The van der Waals surface area contributed by atoms with E-state index in [0.29, 0.717) is 33.8 Å². The van der Waals surface area contributed by atoms with Crippen LogP contribution in [0.4, 0.5) is 0 Å². The molecule has 0 fully saturated rings. The summed E-state index contributed by atoms with van der Waals surface area (Å²) in [6.45, 7) is 7.57. The van der Waals surface area contributed by atoms with Crippen LogP contribution in [0.3, 0.4) is 0 Å². The SMILES string of the molecule is CC1=C(CCC(=O)O)c2cc3nc(cc4[nH]c(cc5[nH]c(cc1n2)c(C)c5CCC(=O)O)c(C)c4CCC(=O)O)C(C)=C3CCC(=O)O. The molecule has 2 aliphatic heterocycles. The third-order valence-corrected chi connectivity index (χ3v) is 9.16. The molecule has 0 atom stereocenters. The minimum atomic E-state index is -0.953.